The van der Waals surface area contributed by atoms with Gasteiger partial charge in [-0.1, -0.05) is 0 Å². The molecule has 0 aromatic rings. The van der Waals surface area contributed by atoms with Gasteiger partial charge >= 0.3 is 5.97 Å². The van der Waals surface area contributed by atoms with Gasteiger partial charge in [-0.2, -0.15) is 0 Å². The maximum atomic E-state index is 10.9. The second kappa shape index (κ2) is 4.95. The molecule has 0 spiro atoms. The SMILES string of the molecule is COC(=O)CCC[P+]1(C)CCCC1. The summed E-state index contributed by atoms with van der Waals surface area (Å²) in [5, 5.41) is 0. The number of hydrogen-bond acceptors (Lipinski definition) is 2. The van der Waals surface area contributed by atoms with Crippen molar-refractivity contribution in [1.82, 2.24) is 0 Å². The summed E-state index contributed by atoms with van der Waals surface area (Å²) in [7, 11) is 0.873. The van der Waals surface area contributed by atoms with E-state index in [1.807, 2.05) is 0 Å². The molecule has 0 bridgehead atoms. The summed E-state index contributed by atoms with van der Waals surface area (Å²) >= 11 is 0. The van der Waals surface area contributed by atoms with E-state index in [0.29, 0.717) is 6.42 Å². The summed E-state index contributed by atoms with van der Waals surface area (Å²) in [5.74, 6) is -0.0502. The lowest BCUT2D eigenvalue weighted by Crippen LogP contribution is -2.04. The summed E-state index contributed by atoms with van der Waals surface area (Å²) in [6.45, 7) is 2.46. The van der Waals surface area contributed by atoms with Gasteiger partial charge in [0.1, 0.15) is 0 Å². The Balaban J connectivity index is 2.14. The Bertz CT molecular complexity index is 174. The highest BCUT2D eigenvalue weighted by molar-refractivity contribution is 7.75. The van der Waals surface area contributed by atoms with E-state index in [4.69, 9.17) is 0 Å². The highest BCUT2D eigenvalue weighted by atomic mass is 31.2. The Kier molecular flexibility index (Phi) is 4.18. The molecular weight excluding hydrogens is 183 g/mol. The van der Waals surface area contributed by atoms with Crippen molar-refractivity contribution in [3.8, 4) is 0 Å². The molecule has 0 N–H and O–H groups in total. The lowest BCUT2D eigenvalue weighted by molar-refractivity contribution is -0.140. The van der Waals surface area contributed by atoms with E-state index >= 15 is 0 Å². The summed E-state index contributed by atoms with van der Waals surface area (Å²) in [4.78, 5) is 10.9. The van der Waals surface area contributed by atoms with Crippen molar-refractivity contribution in [2.24, 2.45) is 0 Å². The largest absolute Gasteiger partial charge is 0.469 e. The van der Waals surface area contributed by atoms with Gasteiger partial charge in [0, 0.05) is 20.3 Å². The van der Waals surface area contributed by atoms with Crippen molar-refractivity contribution < 1.29 is 9.53 Å². The molecule has 1 aliphatic heterocycles. The van der Waals surface area contributed by atoms with Gasteiger partial charge in [-0.05, 0) is 19.3 Å². The minimum Gasteiger partial charge on any atom is -0.469 e. The molecule has 1 fully saturated rings. The first-order chi connectivity index (χ1) is 6.16. The van der Waals surface area contributed by atoms with Crippen molar-refractivity contribution in [2.75, 3.05) is 32.3 Å². The van der Waals surface area contributed by atoms with Crippen LogP contribution in [0, 0.1) is 0 Å². The zero-order chi connectivity index (χ0) is 9.73. The van der Waals surface area contributed by atoms with E-state index in [2.05, 4.69) is 11.4 Å². The molecule has 0 amide bonds. The molecule has 0 saturated carbocycles. The van der Waals surface area contributed by atoms with Crippen LogP contribution in [0.5, 0.6) is 0 Å². The van der Waals surface area contributed by atoms with Crippen LogP contribution in [0.1, 0.15) is 25.7 Å². The van der Waals surface area contributed by atoms with E-state index < -0.39 is 7.26 Å². The molecule has 13 heavy (non-hydrogen) atoms. The summed E-state index contributed by atoms with van der Waals surface area (Å²) in [6.07, 6.45) is 8.69. The molecule has 76 valence electrons. The maximum absolute atomic E-state index is 10.9. The summed E-state index contributed by atoms with van der Waals surface area (Å²) < 4.78 is 4.62. The maximum Gasteiger partial charge on any atom is 0.305 e. The Morgan fingerprint density at radius 3 is 2.54 bits per heavy atom. The van der Waals surface area contributed by atoms with Gasteiger partial charge < -0.3 is 4.74 Å². The van der Waals surface area contributed by atoms with Crippen molar-refractivity contribution in [3.05, 3.63) is 0 Å². The first-order valence-corrected chi connectivity index (χ1v) is 7.86. The molecule has 0 radical (unpaired) electrons. The van der Waals surface area contributed by atoms with Crippen LogP contribution < -0.4 is 0 Å². The van der Waals surface area contributed by atoms with Crippen LogP contribution >= 0.6 is 7.26 Å². The van der Waals surface area contributed by atoms with Gasteiger partial charge in [-0.25, -0.2) is 0 Å². The second-order valence-corrected chi connectivity index (χ2v) is 8.76. The fourth-order valence-electron chi connectivity index (χ4n) is 2.03. The Morgan fingerprint density at radius 2 is 2.00 bits per heavy atom. The molecule has 1 saturated heterocycles. The molecule has 1 aliphatic rings. The molecule has 1 heterocycles. The highest BCUT2D eigenvalue weighted by Crippen LogP contribution is 2.60. The monoisotopic (exact) mass is 203 g/mol. The average molecular weight is 203 g/mol. The molecular formula is C10H20O2P+. The van der Waals surface area contributed by atoms with Crippen LogP contribution in [0.2, 0.25) is 0 Å². The van der Waals surface area contributed by atoms with Crippen LogP contribution in [-0.4, -0.2) is 38.2 Å². The average Bonchev–Trinajstić information content (AvgIpc) is 2.52. The lowest BCUT2D eigenvalue weighted by Gasteiger charge is -2.15. The molecule has 0 aromatic heterocycles. The van der Waals surface area contributed by atoms with Crippen LogP contribution in [0.3, 0.4) is 0 Å². The molecule has 0 atom stereocenters. The van der Waals surface area contributed by atoms with Crippen molar-refractivity contribution in [2.45, 2.75) is 25.7 Å². The topological polar surface area (TPSA) is 26.3 Å². The number of rotatable bonds is 4. The van der Waals surface area contributed by atoms with Gasteiger partial charge in [0.2, 0.25) is 0 Å². The smallest absolute Gasteiger partial charge is 0.305 e. The Morgan fingerprint density at radius 1 is 1.38 bits per heavy atom. The molecule has 2 nitrogen and oxygen atoms in total. The Labute approximate surface area is 81.4 Å². The first-order valence-electron chi connectivity index (χ1n) is 5.07. The van der Waals surface area contributed by atoms with Gasteiger partial charge in [-0.3, -0.25) is 4.79 Å². The second-order valence-electron chi connectivity index (χ2n) is 4.18. The van der Waals surface area contributed by atoms with Crippen LogP contribution in [0.15, 0.2) is 0 Å². The number of ether oxygens (including phenoxy) is 1. The predicted molar refractivity (Wildman–Crippen MR) is 57.9 cm³/mol. The molecule has 0 unspecified atom stereocenters. The number of methoxy groups -OCH3 is 1. The van der Waals surface area contributed by atoms with E-state index in [9.17, 15) is 4.79 Å². The van der Waals surface area contributed by atoms with Crippen LogP contribution in [0.25, 0.3) is 0 Å². The lowest BCUT2D eigenvalue weighted by atomic mass is 10.3. The zero-order valence-electron chi connectivity index (χ0n) is 8.71. The molecule has 0 aliphatic carbocycles. The number of carbonyl (C=O) groups excluding carboxylic acids is 1. The van der Waals surface area contributed by atoms with Gasteiger partial charge in [0.25, 0.3) is 0 Å². The van der Waals surface area contributed by atoms with Crippen molar-refractivity contribution in [3.63, 3.8) is 0 Å². The number of esters is 1. The van der Waals surface area contributed by atoms with Crippen molar-refractivity contribution >= 4 is 13.2 Å². The van der Waals surface area contributed by atoms with Crippen molar-refractivity contribution in [1.29, 1.82) is 0 Å². The predicted octanol–water partition coefficient (Wildman–Crippen LogP) is 2.38. The van der Waals surface area contributed by atoms with Crippen LogP contribution in [-0.2, 0) is 9.53 Å². The zero-order valence-corrected chi connectivity index (χ0v) is 9.61. The molecule has 1 rings (SSSR count). The molecule has 3 heteroatoms. The Hall–Kier alpha value is -0.100. The normalized spacial score (nSPS) is 20.2. The first kappa shape index (κ1) is 11.0. The number of carbonyl (C=O) groups is 1. The third-order valence-electron chi connectivity index (χ3n) is 2.95. The third kappa shape index (κ3) is 3.64. The van der Waals surface area contributed by atoms with E-state index in [-0.39, 0.29) is 5.97 Å². The van der Waals surface area contributed by atoms with Gasteiger partial charge in [0.15, 0.2) is 0 Å². The minimum absolute atomic E-state index is 0.0502. The number of hydrogen-bond donors (Lipinski definition) is 0. The summed E-state index contributed by atoms with van der Waals surface area (Å²) in [6, 6.07) is 0. The third-order valence-corrected chi connectivity index (χ3v) is 7.14. The quantitative estimate of drug-likeness (QED) is 0.518. The molecule has 0 aromatic carbocycles. The van der Waals surface area contributed by atoms with E-state index in [0.717, 1.165) is 6.42 Å². The van der Waals surface area contributed by atoms with E-state index in [1.54, 1.807) is 0 Å². The van der Waals surface area contributed by atoms with Gasteiger partial charge in [0.05, 0.1) is 25.6 Å². The fraction of sp³-hybridized carbons (Fsp3) is 0.900. The van der Waals surface area contributed by atoms with Gasteiger partial charge in [-0.15, -0.1) is 0 Å². The standard InChI is InChI=1S/C10H20O2P/c1-12-10(11)6-5-9-13(2)7-3-4-8-13/h3-9H2,1-2H3/q+1. The minimum atomic E-state index is -0.595. The van der Waals surface area contributed by atoms with E-state index in [1.165, 1.54) is 38.4 Å². The van der Waals surface area contributed by atoms with Crippen LogP contribution in [0.4, 0.5) is 0 Å². The summed E-state index contributed by atoms with van der Waals surface area (Å²) in [5.41, 5.74) is 0. The highest BCUT2D eigenvalue weighted by Gasteiger charge is 2.34. The fourth-order valence-corrected chi connectivity index (χ4v) is 5.60.